The van der Waals surface area contributed by atoms with Crippen molar-refractivity contribution in [1.29, 1.82) is 0 Å². The highest BCUT2D eigenvalue weighted by molar-refractivity contribution is 5.69. The van der Waals surface area contributed by atoms with Crippen molar-refractivity contribution < 1.29 is 27.4 Å². The first-order chi connectivity index (χ1) is 8.45. The van der Waals surface area contributed by atoms with Crippen LogP contribution in [0.1, 0.15) is 17.5 Å². The molecule has 0 aliphatic carbocycles. The van der Waals surface area contributed by atoms with Gasteiger partial charge in [-0.15, -0.1) is 0 Å². The molecule has 100 valence electrons. The van der Waals surface area contributed by atoms with Gasteiger partial charge in [0.1, 0.15) is 6.61 Å². The summed E-state index contributed by atoms with van der Waals surface area (Å²) < 4.78 is 47.3. The number of carbonyl (C=O) groups is 1. The van der Waals surface area contributed by atoms with Crippen LogP contribution in [-0.2, 0) is 27.1 Å². The minimum Gasteiger partial charge on any atom is -0.461 e. The summed E-state index contributed by atoms with van der Waals surface area (Å²) in [6.07, 6.45) is -4.43. The molecule has 0 bridgehead atoms. The molecule has 0 spiro atoms. The molecule has 0 aliphatic heterocycles. The number of esters is 1. The Morgan fingerprint density at radius 2 is 1.94 bits per heavy atom. The van der Waals surface area contributed by atoms with Crippen molar-refractivity contribution in [1.82, 2.24) is 0 Å². The summed E-state index contributed by atoms with van der Waals surface area (Å²) in [5.41, 5.74) is -0.847. The Bertz CT molecular complexity index is 402. The second kappa shape index (κ2) is 6.39. The van der Waals surface area contributed by atoms with Crippen molar-refractivity contribution in [3.8, 4) is 0 Å². The number of alkyl halides is 3. The third-order valence-electron chi connectivity index (χ3n) is 2.22. The summed E-state index contributed by atoms with van der Waals surface area (Å²) in [5, 5.41) is 0. The fourth-order valence-corrected chi connectivity index (χ4v) is 1.34. The van der Waals surface area contributed by atoms with Gasteiger partial charge in [-0.25, -0.2) is 0 Å². The van der Waals surface area contributed by atoms with Crippen molar-refractivity contribution in [3.63, 3.8) is 0 Å². The number of rotatable bonds is 5. The van der Waals surface area contributed by atoms with Crippen LogP contribution in [0.4, 0.5) is 13.2 Å². The quantitative estimate of drug-likeness (QED) is 0.765. The molecule has 1 aromatic rings. The zero-order chi connectivity index (χ0) is 13.6. The minimum absolute atomic E-state index is 0.0185. The van der Waals surface area contributed by atoms with Gasteiger partial charge in [0.05, 0.1) is 18.6 Å². The second-order valence-electron chi connectivity index (χ2n) is 3.56. The predicted molar refractivity (Wildman–Crippen MR) is 57.7 cm³/mol. The molecule has 1 aromatic carbocycles. The molecule has 6 heteroatoms. The molecule has 0 fully saturated rings. The van der Waals surface area contributed by atoms with E-state index in [1.165, 1.54) is 25.3 Å². The maximum atomic E-state index is 12.6. The van der Waals surface area contributed by atoms with Crippen molar-refractivity contribution >= 4 is 5.97 Å². The van der Waals surface area contributed by atoms with Crippen LogP contribution in [0.2, 0.25) is 0 Å². The Hall–Kier alpha value is -1.56. The molecule has 0 N–H and O–H groups in total. The second-order valence-corrected chi connectivity index (χ2v) is 3.56. The fourth-order valence-electron chi connectivity index (χ4n) is 1.34. The molecule has 0 radical (unpaired) electrons. The Labute approximate surface area is 103 Å². The van der Waals surface area contributed by atoms with Crippen LogP contribution in [-0.4, -0.2) is 19.7 Å². The van der Waals surface area contributed by atoms with Gasteiger partial charge in [0.2, 0.25) is 0 Å². The number of benzene rings is 1. The summed E-state index contributed by atoms with van der Waals surface area (Å²) in [7, 11) is 1.42. The lowest BCUT2D eigenvalue weighted by Gasteiger charge is -2.12. The smallest absolute Gasteiger partial charge is 0.416 e. The van der Waals surface area contributed by atoms with E-state index in [1.807, 2.05) is 0 Å². The number of halogens is 3. The van der Waals surface area contributed by atoms with Gasteiger partial charge >= 0.3 is 12.1 Å². The minimum atomic E-state index is -4.45. The zero-order valence-corrected chi connectivity index (χ0v) is 9.79. The van der Waals surface area contributed by atoms with Crippen LogP contribution >= 0.6 is 0 Å². The van der Waals surface area contributed by atoms with Gasteiger partial charge in [-0.2, -0.15) is 13.2 Å². The van der Waals surface area contributed by atoms with Crippen molar-refractivity contribution in [2.24, 2.45) is 0 Å². The van der Waals surface area contributed by atoms with Crippen LogP contribution in [0.25, 0.3) is 0 Å². The van der Waals surface area contributed by atoms with Crippen LogP contribution in [0.3, 0.4) is 0 Å². The number of hydrogen-bond acceptors (Lipinski definition) is 3. The van der Waals surface area contributed by atoms with Crippen molar-refractivity contribution in [3.05, 3.63) is 35.4 Å². The predicted octanol–water partition coefficient (Wildman–Crippen LogP) is 2.79. The van der Waals surface area contributed by atoms with Crippen molar-refractivity contribution in [2.45, 2.75) is 19.2 Å². The lowest BCUT2D eigenvalue weighted by molar-refractivity contribution is -0.148. The number of methoxy groups -OCH3 is 1. The Morgan fingerprint density at radius 1 is 1.28 bits per heavy atom. The van der Waals surface area contributed by atoms with Crippen LogP contribution in [0.15, 0.2) is 24.3 Å². The lowest BCUT2D eigenvalue weighted by Crippen LogP contribution is -2.12. The van der Waals surface area contributed by atoms with Gasteiger partial charge in [-0.05, 0) is 6.07 Å². The SMILES string of the molecule is COCCC(=O)OCc1ccccc1C(F)(F)F. The standard InChI is InChI=1S/C12H13F3O3/c1-17-7-6-11(16)18-8-9-4-2-3-5-10(9)12(13,14)15/h2-5H,6-8H2,1H3. The van der Waals surface area contributed by atoms with Gasteiger partial charge in [-0.3, -0.25) is 4.79 Å². The van der Waals surface area contributed by atoms with Gasteiger partial charge in [0, 0.05) is 12.7 Å². The molecule has 0 atom stereocenters. The molecule has 0 aliphatic rings. The zero-order valence-electron chi connectivity index (χ0n) is 9.79. The summed E-state index contributed by atoms with van der Waals surface area (Å²) >= 11 is 0. The number of hydrogen-bond donors (Lipinski definition) is 0. The molecule has 0 amide bonds. The first-order valence-corrected chi connectivity index (χ1v) is 5.25. The molecule has 1 rings (SSSR count). The largest absolute Gasteiger partial charge is 0.461 e. The summed E-state index contributed by atoms with van der Waals surface area (Å²) in [4.78, 5) is 11.2. The van der Waals surface area contributed by atoms with E-state index in [2.05, 4.69) is 4.74 Å². The normalized spacial score (nSPS) is 11.3. The van der Waals surface area contributed by atoms with Gasteiger partial charge in [-0.1, -0.05) is 18.2 Å². The first kappa shape index (κ1) is 14.5. The van der Waals surface area contributed by atoms with Crippen LogP contribution in [0, 0.1) is 0 Å². The van der Waals surface area contributed by atoms with E-state index in [1.54, 1.807) is 0 Å². The average Bonchev–Trinajstić information content (AvgIpc) is 2.33. The summed E-state index contributed by atoms with van der Waals surface area (Å²) in [6, 6.07) is 5.00. The molecular weight excluding hydrogens is 249 g/mol. The average molecular weight is 262 g/mol. The summed E-state index contributed by atoms with van der Waals surface area (Å²) in [5.74, 6) is -0.589. The molecule has 0 saturated heterocycles. The van der Waals surface area contributed by atoms with Gasteiger partial charge < -0.3 is 9.47 Å². The molecular formula is C12H13F3O3. The Balaban J connectivity index is 2.65. The van der Waals surface area contributed by atoms with E-state index in [0.29, 0.717) is 0 Å². The molecule has 3 nitrogen and oxygen atoms in total. The monoisotopic (exact) mass is 262 g/mol. The highest BCUT2D eigenvalue weighted by atomic mass is 19.4. The Morgan fingerprint density at radius 3 is 2.56 bits per heavy atom. The highest BCUT2D eigenvalue weighted by Gasteiger charge is 2.33. The first-order valence-electron chi connectivity index (χ1n) is 5.25. The van der Waals surface area contributed by atoms with Gasteiger partial charge in [0.15, 0.2) is 0 Å². The fraction of sp³-hybridized carbons (Fsp3) is 0.417. The van der Waals surface area contributed by atoms with Crippen molar-refractivity contribution in [2.75, 3.05) is 13.7 Å². The van der Waals surface area contributed by atoms with E-state index >= 15 is 0 Å². The van der Waals surface area contributed by atoms with E-state index in [4.69, 9.17) is 4.74 Å². The Kier molecular flexibility index (Phi) is 5.15. The van der Waals surface area contributed by atoms with Crippen LogP contribution in [0.5, 0.6) is 0 Å². The molecule has 0 unspecified atom stereocenters. The van der Waals surface area contributed by atoms with E-state index in [9.17, 15) is 18.0 Å². The molecule has 18 heavy (non-hydrogen) atoms. The number of ether oxygens (including phenoxy) is 2. The highest BCUT2D eigenvalue weighted by Crippen LogP contribution is 2.32. The third kappa shape index (κ3) is 4.37. The van der Waals surface area contributed by atoms with E-state index < -0.39 is 24.3 Å². The van der Waals surface area contributed by atoms with E-state index in [-0.39, 0.29) is 18.6 Å². The third-order valence-corrected chi connectivity index (χ3v) is 2.22. The summed E-state index contributed by atoms with van der Waals surface area (Å²) in [6.45, 7) is -0.210. The topological polar surface area (TPSA) is 35.5 Å². The lowest BCUT2D eigenvalue weighted by atomic mass is 10.1. The van der Waals surface area contributed by atoms with E-state index in [0.717, 1.165) is 6.07 Å². The molecule has 0 saturated carbocycles. The van der Waals surface area contributed by atoms with Crippen LogP contribution < -0.4 is 0 Å². The van der Waals surface area contributed by atoms with Gasteiger partial charge in [0.25, 0.3) is 0 Å². The maximum Gasteiger partial charge on any atom is 0.416 e. The molecule has 0 aromatic heterocycles. The molecule has 0 heterocycles. The number of carbonyl (C=O) groups excluding carboxylic acids is 1. The maximum absolute atomic E-state index is 12.6.